The lowest BCUT2D eigenvalue weighted by Crippen LogP contribution is -2.45. The van der Waals surface area contributed by atoms with E-state index in [1.54, 1.807) is 0 Å². The van der Waals surface area contributed by atoms with Gasteiger partial charge < -0.3 is 10.6 Å². The van der Waals surface area contributed by atoms with Gasteiger partial charge in [0.1, 0.15) is 0 Å². The fraction of sp³-hybridized carbons (Fsp3) is 0.824. The summed E-state index contributed by atoms with van der Waals surface area (Å²) >= 11 is 0. The molecule has 0 aromatic carbocycles. The van der Waals surface area contributed by atoms with Gasteiger partial charge in [-0.05, 0) is 70.4 Å². The third kappa shape index (κ3) is 3.86. The highest BCUT2D eigenvalue weighted by Crippen LogP contribution is 2.34. The number of allylic oxidation sites excluding steroid dienone is 2. The highest BCUT2D eigenvalue weighted by atomic mass is 16.2. The van der Waals surface area contributed by atoms with Crippen molar-refractivity contribution < 1.29 is 4.79 Å². The molecule has 1 amide bonds. The molecule has 1 heterocycles. The topological polar surface area (TPSA) is 49.6 Å². The number of rotatable bonds is 5. The molecule has 0 spiro atoms. The summed E-state index contributed by atoms with van der Waals surface area (Å²) < 4.78 is 0. The molecule has 0 aromatic heterocycles. The van der Waals surface area contributed by atoms with Crippen molar-refractivity contribution in [2.45, 2.75) is 57.4 Å². The van der Waals surface area contributed by atoms with Crippen LogP contribution in [0.4, 0.5) is 0 Å². The van der Waals surface area contributed by atoms with Crippen LogP contribution in [0, 0.1) is 5.92 Å². The Balaban J connectivity index is 1.60. The van der Waals surface area contributed by atoms with E-state index in [9.17, 15) is 4.79 Å². The molecule has 2 N–H and O–H groups in total. The zero-order chi connectivity index (χ0) is 14.7. The first kappa shape index (κ1) is 15.0. The van der Waals surface area contributed by atoms with Crippen molar-refractivity contribution in [1.29, 1.82) is 0 Å². The number of carbonyl (C=O) groups excluding carboxylic acids is 1. The lowest BCUT2D eigenvalue weighted by Gasteiger charge is -2.34. The van der Waals surface area contributed by atoms with Crippen LogP contribution in [0.2, 0.25) is 0 Å². The fourth-order valence-electron chi connectivity index (χ4n) is 3.73. The summed E-state index contributed by atoms with van der Waals surface area (Å²) in [5.41, 5.74) is 7.11. The molecule has 3 rings (SSSR count). The summed E-state index contributed by atoms with van der Waals surface area (Å²) in [5, 5.41) is 0. The predicted molar refractivity (Wildman–Crippen MR) is 84.6 cm³/mol. The van der Waals surface area contributed by atoms with Crippen molar-refractivity contribution in [1.82, 2.24) is 9.80 Å². The standard InChI is InChI=1S/C17H29N3O/c18-11-14-5-4-10-19(12-14)13-17(21)20(16-8-9-16)15-6-2-1-3-7-15/h6,14,16H,1-5,7-13,18H2. The summed E-state index contributed by atoms with van der Waals surface area (Å²) in [6.45, 7) is 3.39. The van der Waals surface area contributed by atoms with Gasteiger partial charge in [0, 0.05) is 18.3 Å². The smallest absolute Gasteiger partial charge is 0.241 e. The Morgan fingerprint density at radius 3 is 2.81 bits per heavy atom. The first-order chi connectivity index (χ1) is 10.3. The summed E-state index contributed by atoms with van der Waals surface area (Å²) in [5.74, 6) is 0.901. The fourth-order valence-corrected chi connectivity index (χ4v) is 3.73. The van der Waals surface area contributed by atoms with Crippen LogP contribution in [0.3, 0.4) is 0 Å². The molecule has 2 fully saturated rings. The second kappa shape index (κ2) is 6.93. The van der Waals surface area contributed by atoms with E-state index >= 15 is 0 Å². The molecule has 2 aliphatic carbocycles. The van der Waals surface area contributed by atoms with E-state index in [1.807, 2.05) is 0 Å². The van der Waals surface area contributed by atoms with Crippen LogP contribution in [-0.4, -0.2) is 47.9 Å². The molecular formula is C17H29N3O. The minimum absolute atomic E-state index is 0.323. The zero-order valence-corrected chi connectivity index (χ0v) is 13.1. The zero-order valence-electron chi connectivity index (χ0n) is 13.1. The van der Waals surface area contributed by atoms with Gasteiger partial charge in [-0.2, -0.15) is 0 Å². The number of nitrogens with zero attached hydrogens (tertiary/aromatic N) is 2. The highest BCUT2D eigenvalue weighted by Gasteiger charge is 2.35. The van der Waals surface area contributed by atoms with Crippen molar-refractivity contribution in [3.8, 4) is 0 Å². The quantitative estimate of drug-likeness (QED) is 0.844. The molecule has 118 valence electrons. The van der Waals surface area contributed by atoms with Gasteiger partial charge in [-0.15, -0.1) is 0 Å². The normalized spacial score (nSPS) is 27.3. The number of likely N-dealkylation sites (tertiary alicyclic amines) is 1. The second-order valence-electron chi connectivity index (χ2n) is 6.92. The molecule has 1 aliphatic heterocycles. The highest BCUT2D eigenvalue weighted by molar-refractivity contribution is 5.80. The summed E-state index contributed by atoms with van der Waals surface area (Å²) in [7, 11) is 0. The Morgan fingerprint density at radius 2 is 2.14 bits per heavy atom. The van der Waals surface area contributed by atoms with E-state index in [1.165, 1.54) is 44.2 Å². The van der Waals surface area contributed by atoms with Crippen LogP contribution in [0.15, 0.2) is 11.8 Å². The molecule has 4 heteroatoms. The monoisotopic (exact) mass is 291 g/mol. The Morgan fingerprint density at radius 1 is 1.29 bits per heavy atom. The van der Waals surface area contributed by atoms with Crippen LogP contribution in [0.25, 0.3) is 0 Å². The molecule has 0 radical (unpaired) electrons. The number of nitrogens with two attached hydrogens (primary N) is 1. The van der Waals surface area contributed by atoms with Gasteiger partial charge in [-0.1, -0.05) is 6.08 Å². The number of hydrogen-bond donors (Lipinski definition) is 1. The molecule has 21 heavy (non-hydrogen) atoms. The number of hydrogen-bond acceptors (Lipinski definition) is 3. The number of amides is 1. The van der Waals surface area contributed by atoms with E-state index in [0.29, 0.717) is 24.4 Å². The molecule has 0 aromatic rings. The SMILES string of the molecule is NCC1CCCN(CC(=O)N(C2=CCCCC2)C2CC2)C1. The van der Waals surface area contributed by atoms with Crippen molar-refractivity contribution in [2.24, 2.45) is 11.7 Å². The summed E-state index contributed by atoms with van der Waals surface area (Å²) in [6, 6.07) is 0.497. The second-order valence-corrected chi connectivity index (χ2v) is 6.92. The van der Waals surface area contributed by atoms with Crippen molar-refractivity contribution in [3.63, 3.8) is 0 Å². The van der Waals surface area contributed by atoms with Crippen molar-refractivity contribution >= 4 is 5.91 Å². The van der Waals surface area contributed by atoms with Crippen LogP contribution < -0.4 is 5.73 Å². The molecule has 1 atom stereocenters. The minimum atomic E-state index is 0.323. The van der Waals surface area contributed by atoms with Gasteiger partial charge in [0.2, 0.25) is 5.91 Å². The van der Waals surface area contributed by atoms with Crippen LogP contribution in [-0.2, 0) is 4.79 Å². The third-order valence-electron chi connectivity index (χ3n) is 5.05. The predicted octanol–water partition coefficient (Wildman–Crippen LogP) is 2.11. The Kier molecular flexibility index (Phi) is 4.96. The van der Waals surface area contributed by atoms with Crippen LogP contribution in [0.1, 0.15) is 51.4 Å². The number of piperidine rings is 1. The molecule has 4 nitrogen and oxygen atoms in total. The molecule has 1 unspecified atom stereocenters. The Labute approximate surface area is 128 Å². The van der Waals surface area contributed by atoms with Gasteiger partial charge in [-0.25, -0.2) is 0 Å². The van der Waals surface area contributed by atoms with E-state index in [-0.39, 0.29) is 0 Å². The van der Waals surface area contributed by atoms with Crippen LogP contribution in [0.5, 0.6) is 0 Å². The lowest BCUT2D eigenvalue weighted by molar-refractivity contribution is -0.131. The van der Waals surface area contributed by atoms with E-state index in [4.69, 9.17) is 5.73 Å². The van der Waals surface area contributed by atoms with Crippen LogP contribution >= 0.6 is 0 Å². The van der Waals surface area contributed by atoms with Gasteiger partial charge in [0.15, 0.2) is 0 Å². The maximum atomic E-state index is 12.8. The maximum Gasteiger partial charge on any atom is 0.241 e. The Hall–Kier alpha value is -0.870. The average Bonchev–Trinajstić information content (AvgIpc) is 3.33. The first-order valence-corrected chi connectivity index (χ1v) is 8.71. The molecular weight excluding hydrogens is 262 g/mol. The van der Waals surface area contributed by atoms with Gasteiger partial charge in [-0.3, -0.25) is 9.69 Å². The van der Waals surface area contributed by atoms with Crippen molar-refractivity contribution in [3.05, 3.63) is 11.8 Å². The van der Waals surface area contributed by atoms with E-state index < -0.39 is 0 Å². The summed E-state index contributed by atoms with van der Waals surface area (Å²) in [6.07, 6.45) is 11.8. The molecule has 0 bridgehead atoms. The largest absolute Gasteiger partial charge is 0.330 e. The number of carbonyl (C=O) groups is 1. The first-order valence-electron chi connectivity index (χ1n) is 8.71. The Bertz CT molecular complexity index is 403. The lowest BCUT2D eigenvalue weighted by atomic mass is 9.98. The van der Waals surface area contributed by atoms with Gasteiger partial charge >= 0.3 is 0 Å². The average molecular weight is 291 g/mol. The molecule has 1 saturated heterocycles. The van der Waals surface area contributed by atoms with Gasteiger partial charge in [0.05, 0.1) is 6.54 Å². The van der Waals surface area contributed by atoms with E-state index in [2.05, 4.69) is 15.9 Å². The minimum Gasteiger partial charge on any atom is -0.330 e. The molecule has 1 saturated carbocycles. The van der Waals surface area contributed by atoms with Gasteiger partial charge in [0.25, 0.3) is 0 Å². The summed E-state index contributed by atoms with van der Waals surface area (Å²) in [4.78, 5) is 17.3. The van der Waals surface area contributed by atoms with E-state index in [0.717, 1.165) is 32.5 Å². The maximum absolute atomic E-state index is 12.8. The van der Waals surface area contributed by atoms with Crippen molar-refractivity contribution in [2.75, 3.05) is 26.2 Å². The third-order valence-corrected chi connectivity index (χ3v) is 5.05. The molecule has 3 aliphatic rings.